The highest BCUT2D eigenvalue weighted by Gasteiger charge is 2.02. The third-order valence-electron chi connectivity index (χ3n) is 3.01. The summed E-state index contributed by atoms with van der Waals surface area (Å²) in [5, 5.41) is 6.55. The molecule has 2 rings (SSSR count). The quantitative estimate of drug-likeness (QED) is 0.625. The number of nitrogens with one attached hydrogen (secondary N) is 1. The average molecular weight is 361 g/mol. The van der Waals surface area contributed by atoms with Gasteiger partial charge < -0.3 is 10.2 Å². The molecule has 0 radical (unpaired) electrons. The molecule has 0 saturated heterocycles. The lowest BCUT2D eigenvalue weighted by atomic mass is 10.1. The van der Waals surface area contributed by atoms with Crippen LogP contribution in [0.5, 0.6) is 0 Å². The van der Waals surface area contributed by atoms with Gasteiger partial charge in [-0.1, -0.05) is 58.3 Å². The molecule has 2 aromatic carbocycles. The molecule has 0 unspecified atom stereocenters. The van der Waals surface area contributed by atoms with Crippen LogP contribution in [-0.4, -0.2) is 18.7 Å². The first-order chi connectivity index (χ1) is 10.7. The van der Waals surface area contributed by atoms with E-state index < -0.39 is 0 Å². The molecule has 0 saturated carbocycles. The van der Waals surface area contributed by atoms with Gasteiger partial charge in [0.1, 0.15) is 0 Å². The molecular weight excluding hydrogens is 344 g/mol. The van der Waals surface area contributed by atoms with Gasteiger partial charge in [0.15, 0.2) is 6.61 Å². The second kappa shape index (κ2) is 8.34. The number of oxime groups is 1. The van der Waals surface area contributed by atoms with Crippen molar-refractivity contribution in [3.63, 3.8) is 0 Å². The summed E-state index contributed by atoms with van der Waals surface area (Å²) >= 11 is 3.41. The molecule has 22 heavy (non-hydrogen) atoms. The first-order valence-corrected chi connectivity index (χ1v) is 7.77. The van der Waals surface area contributed by atoms with Crippen molar-refractivity contribution in [2.24, 2.45) is 5.16 Å². The van der Waals surface area contributed by atoms with Crippen LogP contribution < -0.4 is 5.32 Å². The highest BCUT2D eigenvalue weighted by molar-refractivity contribution is 9.10. The predicted octanol–water partition coefficient (Wildman–Crippen LogP) is 4.00. The van der Waals surface area contributed by atoms with E-state index in [9.17, 15) is 4.79 Å². The lowest BCUT2D eigenvalue weighted by Gasteiger charge is -2.05. The predicted molar refractivity (Wildman–Crippen MR) is 92.1 cm³/mol. The molecule has 0 fully saturated rings. The molecule has 5 heteroatoms. The summed E-state index contributed by atoms with van der Waals surface area (Å²) in [5.41, 5.74) is 2.87. The van der Waals surface area contributed by atoms with Crippen LogP contribution >= 0.6 is 15.9 Å². The number of carbonyl (C=O) groups is 1. The number of aryl methyl sites for hydroxylation is 1. The maximum atomic E-state index is 11.7. The molecule has 4 nitrogen and oxygen atoms in total. The lowest BCUT2D eigenvalue weighted by Crippen LogP contribution is -2.16. The Morgan fingerprint density at radius 3 is 2.64 bits per heavy atom. The SMILES string of the molecule is CCc1ccc(NC(=O)CO/N=C\c2ccccc2Br)cc1. The van der Waals surface area contributed by atoms with Crippen molar-refractivity contribution in [2.45, 2.75) is 13.3 Å². The van der Waals surface area contributed by atoms with Gasteiger partial charge in [-0.25, -0.2) is 0 Å². The van der Waals surface area contributed by atoms with Crippen molar-refractivity contribution in [1.29, 1.82) is 0 Å². The van der Waals surface area contributed by atoms with Crippen LogP contribution in [-0.2, 0) is 16.1 Å². The molecule has 114 valence electrons. The van der Waals surface area contributed by atoms with Crippen LogP contribution in [0.15, 0.2) is 58.2 Å². The molecule has 0 atom stereocenters. The fourth-order valence-electron chi connectivity index (χ4n) is 1.79. The van der Waals surface area contributed by atoms with Crippen LogP contribution in [0.2, 0.25) is 0 Å². The molecule has 1 N–H and O–H groups in total. The monoisotopic (exact) mass is 360 g/mol. The Bertz CT molecular complexity index is 654. The summed E-state index contributed by atoms with van der Waals surface area (Å²) in [7, 11) is 0. The molecule has 0 aliphatic carbocycles. The number of carbonyl (C=O) groups excluding carboxylic acids is 1. The minimum Gasteiger partial charge on any atom is -0.386 e. The number of benzene rings is 2. The van der Waals surface area contributed by atoms with Crippen LogP contribution in [0.1, 0.15) is 18.1 Å². The summed E-state index contributed by atoms with van der Waals surface area (Å²) in [6, 6.07) is 15.4. The van der Waals surface area contributed by atoms with Crippen molar-refractivity contribution < 1.29 is 9.63 Å². The van der Waals surface area contributed by atoms with E-state index in [0.717, 1.165) is 22.1 Å². The third-order valence-corrected chi connectivity index (χ3v) is 3.74. The molecule has 0 aromatic heterocycles. The molecule has 1 amide bonds. The summed E-state index contributed by atoms with van der Waals surface area (Å²) in [4.78, 5) is 16.7. The Labute approximate surface area is 138 Å². The summed E-state index contributed by atoms with van der Waals surface area (Å²) in [6.07, 6.45) is 2.54. The minimum atomic E-state index is -0.242. The van der Waals surface area contributed by atoms with Gasteiger partial charge in [-0.2, -0.15) is 0 Å². The van der Waals surface area contributed by atoms with Crippen LogP contribution in [0.25, 0.3) is 0 Å². The number of nitrogens with zero attached hydrogens (tertiary/aromatic N) is 1. The van der Waals surface area contributed by atoms with Crippen LogP contribution in [0, 0.1) is 0 Å². The fraction of sp³-hybridized carbons (Fsp3) is 0.176. The Hall–Kier alpha value is -2.14. The second-order valence-electron chi connectivity index (χ2n) is 4.63. The number of hydrogen-bond acceptors (Lipinski definition) is 3. The highest BCUT2D eigenvalue weighted by atomic mass is 79.9. The maximum Gasteiger partial charge on any atom is 0.265 e. The molecule has 0 spiro atoms. The van der Waals surface area contributed by atoms with E-state index in [1.807, 2.05) is 48.5 Å². The topological polar surface area (TPSA) is 50.7 Å². The van der Waals surface area contributed by atoms with Crippen molar-refractivity contribution >= 4 is 33.7 Å². The smallest absolute Gasteiger partial charge is 0.265 e. The van der Waals surface area contributed by atoms with E-state index in [-0.39, 0.29) is 12.5 Å². The average Bonchev–Trinajstić information content (AvgIpc) is 2.54. The Morgan fingerprint density at radius 1 is 1.23 bits per heavy atom. The normalized spacial score (nSPS) is 10.6. The third kappa shape index (κ3) is 5.00. The van der Waals surface area contributed by atoms with Gasteiger partial charge in [-0.3, -0.25) is 4.79 Å². The Kier molecular flexibility index (Phi) is 6.15. The molecular formula is C17H17BrN2O2. The number of halogens is 1. The number of anilines is 1. The van der Waals surface area contributed by atoms with Crippen molar-refractivity contribution in [2.75, 3.05) is 11.9 Å². The van der Waals surface area contributed by atoms with E-state index >= 15 is 0 Å². The molecule has 2 aromatic rings. The van der Waals surface area contributed by atoms with Crippen LogP contribution in [0.4, 0.5) is 5.69 Å². The minimum absolute atomic E-state index is 0.128. The zero-order valence-electron chi connectivity index (χ0n) is 12.3. The first-order valence-electron chi connectivity index (χ1n) is 6.97. The van der Waals surface area contributed by atoms with Crippen molar-refractivity contribution in [3.8, 4) is 0 Å². The molecule has 0 aliphatic rings. The van der Waals surface area contributed by atoms with Gasteiger partial charge in [-0.05, 0) is 30.2 Å². The van der Waals surface area contributed by atoms with E-state index in [0.29, 0.717) is 0 Å². The van der Waals surface area contributed by atoms with Gasteiger partial charge >= 0.3 is 0 Å². The fourth-order valence-corrected chi connectivity index (χ4v) is 2.18. The number of hydrogen-bond donors (Lipinski definition) is 1. The van der Waals surface area contributed by atoms with Crippen LogP contribution in [0.3, 0.4) is 0 Å². The molecule has 0 heterocycles. The highest BCUT2D eigenvalue weighted by Crippen LogP contribution is 2.13. The zero-order chi connectivity index (χ0) is 15.8. The van der Waals surface area contributed by atoms with Gasteiger partial charge in [0.05, 0.1) is 6.21 Å². The number of rotatable bonds is 6. The second-order valence-corrected chi connectivity index (χ2v) is 5.48. The summed E-state index contributed by atoms with van der Waals surface area (Å²) in [5.74, 6) is -0.242. The zero-order valence-corrected chi connectivity index (χ0v) is 13.8. The maximum absolute atomic E-state index is 11.7. The van der Waals surface area contributed by atoms with Crippen molar-refractivity contribution in [3.05, 3.63) is 64.1 Å². The van der Waals surface area contributed by atoms with Crippen molar-refractivity contribution in [1.82, 2.24) is 0 Å². The van der Waals surface area contributed by atoms with Gasteiger partial charge in [0.25, 0.3) is 5.91 Å². The van der Waals surface area contributed by atoms with Gasteiger partial charge in [-0.15, -0.1) is 0 Å². The van der Waals surface area contributed by atoms with E-state index in [2.05, 4.69) is 33.3 Å². The van der Waals surface area contributed by atoms with E-state index in [4.69, 9.17) is 4.84 Å². The molecule has 0 aliphatic heterocycles. The van der Waals surface area contributed by atoms with E-state index in [1.165, 1.54) is 5.56 Å². The molecule has 0 bridgehead atoms. The Morgan fingerprint density at radius 2 is 1.95 bits per heavy atom. The van der Waals surface area contributed by atoms with Gasteiger partial charge in [0.2, 0.25) is 0 Å². The summed E-state index contributed by atoms with van der Waals surface area (Å²) in [6.45, 7) is 1.96. The largest absolute Gasteiger partial charge is 0.386 e. The van der Waals surface area contributed by atoms with Gasteiger partial charge in [0, 0.05) is 15.7 Å². The number of amides is 1. The summed E-state index contributed by atoms with van der Waals surface area (Å²) < 4.78 is 0.919. The Balaban J connectivity index is 1.79. The standard InChI is InChI=1S/C17H17BrN2O2/c1-2-13-7-9-15(10-8-13)20-17(21)12-22-19-11-14-5-3-4-6-16(14)18/h3-11H,2,12H2,1H3,(H,20,21)/b19-11-. The lowest BCUT2D eigenvalue weighted by molar-refractivity contribution is -0.120. The first kappa shape index (κ1) is 16.2. The van der Waals surface area contributed by atoms with E-state index in [1.54, 1.807) is 6.21 Å².